The van der Waals surface area contributed by atoms with E-state index >= 15 is 0 Å². The lowest BCUT2D eigenvalue weighted by Gasteiger charge is -2.02. The minimum Gasteiger partial charge on any atom is -0.476 e. The van der Waals surface area contributed by atoms with Crippen molar-refractivity contribution in [3.63, 3.8) is 0 Å². The SMILES string of the molecule is O=C(O)c1nc(-c2cccnc2)n2c(Br)cccc12. The van der Waals surface area contributed by atoms with Crippen molar-refractivity contribution in [1.82, 2.24) is 14.4 Å². The van der Waals surface area contributed by atoms with Gasteiger partial charge < -0.3 is 5.11 Å². The smallest absolute Gasteiger partial charge is 0.356 e. The zero-order chi connectivity index (χ0) is 13.4. The molecule has 0 amide bonds. The summed E-state index contributed by atoms with van der Waals surface area (Å²) in [5.41, 5.74) is 1.33. The molecule has 3 aromatic rings. The predicted octanol–water partition coefficient (Wildman–Crippen LogP) is 2.86. The fourth-order valence-electron chi connectivity index (χ4n) is 1.94. The van der Waals surface area contributed by atoms with Crippen molar-refractivity contribution in [3.8, 4) is 11.4 Å². The number of pyridine rings is 2. The van der Waals surface area contributed by atoms with E-state index in [2.05, 4.69) is 25.9 Å². The van der Waals surface area contributed by atoms with Gasteiger partial charge in [0.25, 0.3) is 0 Å². The number of fused-ring (bicyclic) bond motifs is 1. The van der Waals surface area contributed by atoms with Crippen molar-refractivity contribution < 1.29 is 9.90 Å². The van der Waals surface area contributed by atoms with Crippen LogP contribution in [0, 0.1) is 0 Å². The van der Waals surface area contributed by atoms with Crippen LogP contribution in [0.5, 0.6) is 0 Å². The molecule has 3 aromatic heterocycles. The average Bonchev–Trinajstić information content (AvgIpc) is 2.81. The molecule has 3 heterocycles. The summed E-state index contributed by atoms with van der Waals surface area (Å²) in [6.07, 6.45) is 3.31. The molecule has 0 bridgehead atoms. The maximum absolute atomic E-state index is 11.3. The predicted molar refractivity (Wildman–Crippen MR) is 73.1 cm³/mol. The van der Waals surface area contributed by atoms with Gasteiger partial charge in [-0.05, 0) is 40.2 Å². The lowest BCUT2D eigenvalue weighted by Crippen LogP contribution is -1.97. The van der Waals surface area contributed by atoms with Crippen molar-refractivity contribution in [2.75, 3.05) is 0 Å². The van der Waals surface area contributed by atoms with E-state index in [4.69, 9.17) is 0 Å². The molecule has 0 aliphatic carbocycles. The molecule has 0 radical (unpaired) electrons. The van der Waals surface area contributed by atoms with E-state index < -0.39 is 5.97 Å². The molecule has 19 heavy (non-hydrogen) atoms. The summed E-state index contributed by atoms with van der Waals surface area (Å²) in [7, 11) is 0. The van der Waals surface area contributed by atoms with Gasteiger partial charge in [-0.3, -0.25) is 9.38 Å². The molecule has 3 rings (SSSR count). The second-order valence-electron chi connectivity index (χ2n) is 3.90. The van der Waals surface area contributed by atoms with Gasteiger partial charge in [-0.25, -0.2) is 9.78 Å². The molecule has 6 heteroatoms. The third kappa shape index (κ3) is 1.90. The fraction of sp³-hybridized carbons (Fsp3) is 0. The number of carbonyl (C=O) groups is 1. The van der Waals surface area contributed by atoms with Gasteiger partial charge in [-0.15, -0.1) is 0 Å². The van der Waals surface area contributed by atoms with Crippen LogP contribution in [0.15, 0.2) is 47.3 Å². The van der Waals surface area contributed by atoms with Gasteiger partial charge in [-0.2, -0.15) is 0 Å². The first-order valence-electron chi connectivity index (χ1n) is 5.49. The molecular weight excluding hydrogens is 310 g/mol. The van der Waals surface area contributed by atoms with E-state index in [1.165, 1.54) is 0 Å². The van der Waals surface area contributed by atoms with Gasteiger partial charge in [-0.1, -0.05) is 6.07 Å². The van der Waals surface area contributed by atoms with Gasteiger partial charge >= 0.3 is 5.97 Å². The van der Waals surface area contributed by atoms with E-state index in [0.29, 0.717) is 11.3 Å². The highest BCUT2D eigenvalue weighted by molar-refractivity contribution is 9.10. The first-order chi connectivity index (χ1) is 9.18. The molecule has 5 nitrogen and oxygen atoms in total. The Morgan fingerprint density at radius 1 is 1.26 bits per heavy atom. The van der Waals surface area contributed by atoms with E-state index in [0.717, 1.165) is 10.2 Å². The molecule has 94 valence electrons. The second kappa shape index (κ2) is 4.47. The first kappa shape index (κ1) is 11.9. The molecule has 0 aliphatic rings. The van der Waals surface area contributed by atoms with Crippen molar-refractivity contribution in [2.24, 2.45) is 0 Å². The summed E-state index contributed by atoms with van der Waals surface area (Å²) >= 11 is 3.42. The molecule has 0 spiro atoms. The first-order valence-corrected chi connectivity index (χ1v) is 6.28. The number of hydrogen-bond acceptors (Lipinski definition) is 3. The highest BCUT2D eigenvalue weighted by Crippen LogP contribution is 2.26. The number of halogens is 1. The molecule has 0 saturated heterocycles. The van der Waals surface area contributed by atoms with E-state index in [9.17, 15) is 9.90 Å². The Hall–Kier alpha value is -2.21. The lowest BCUT2D eigenvalue weighted by molar-refractivity contribution is 0.0693. The molecule has 1 N–H and O–H groups in total. The van der Waals surface area contributed by atoms with Gasteiger partial charge in [0.15, 0.2) is 5.69 Å². The maximum atomic E-state index is 11.3. The molecule has 0 aliphatic heterocycles. The standard InChI is InChI=1S/C13H8BrN3O2/c14-10-5-1-4-9-11(13(18)19)16-12(17(9)10)8-3-2-6-15-7-8/h1-7H,(H,18,19). The molecule has 0 fully saturated rings. The van der Waals surface area contributed by atoms with Crippen molar-refractivity contribution >= 4 is 27.4 Å². The third-order valence-electron chi connectivity index (χ3n) is 2.74. The molecular formula is C13H8BrN3O2. The van der Waals surface area contributed by atoms with Crippen molar-refractivity contribution in [1.29, 1.82) is 0 Å². The van der Waals surface area contributed by atoms with Crippen molar-refractivity contribution in [3.05, 3.63) is 53.0 Å². The third-order valence-corrected chi connectivity index (χ3v) is 3.36. The quantitative estimate of drug-likeness (QED) is 0.738. The lowest BCUT2D eigenvalue weighted by atomic mass is 10.3. The number of aromatic carboxylic acids is 1. The van der Waals surface area contributed by atoms with Crippen LogP contribution in [-0.4, -0.2) is 25.4 Å². The van der Waals surface area contributed by atoms with Crippen LogP contribution in [0.1, 0.15) is 10.5 Å². The van der Waals surface area contributed by atoms with E-state index in [-0.39, 0.29) is 5.69 Å². The molecule has 0 atom stereocenters. The summed E-state index contributed by atoms with van der Waals surface area (Å²) < 4.78 is 2.49. The number of aromatic nitrogens is 3. The number of rotatable bonds is 2. The van der Waals surface area contributed by atoms with E-state index in [1.807, 2.05) is 12.1 Å². The monoisotopic (exact) mass is 317 g/mol. The van der Waals surface area contributed by atoms with Crippen LogP contribution >= 0.6 is 15.9 Å². The molecule has 0 saturated carbocycles. The minimum atomic E-state index is -1.05. The Labute approximate surface area is 116 Å². The molecule has 0 unspecified atom stereocenters. The van der Waals surface area contributed by atoms with Crippen LogP contribution in [-0.2, 0) is 0 Å². The van der Waals surface area contributed by atoms with Crippen LogP contribution in [0.4, 0.5) is 0 Å². The Morgan fingerprint density at radius 3 is 2.79 bits per heavy atom. The normalized spacial score (nSPS) is 10.8. The summed E-state index contributed by atoms with van der Waals surface area (Å²) in [6.45, 7) is 0. The second-order valence-corrected chi connectivity index (χ2v) is 4.71. The van der Waals surface area contributed by atoms with Gasteiger partial charge in [0.2, 0.25) is 0 Å². The highest BCUT2D eigenvalue weighted by atomic mass is 79.9. The van der Waals surface area contributed by atoms with Crippen LogP contribution in [0.2, 0.25) is 0 Å². The van der Waals surface area contributed by atoms with Crippen molar-refractivity contribution in [2.45, 2.75) is 0 Å². The Bertz CT molecular complexity index is 768. The summed E-state index contributed by atoms with van der Waals surface area (Å²) in [4.78, 5) is 19.5. The Balaban J connectivity index is 2.40. The fourth-order valence-corrected chi connectivity index (χ4v) is 2.45. The summed E-state index contributed by atoms with van der Waals surface area (Å²) in [6, 6.07) is 8.96. The van der Waals surface area contributed by atoms with E-state index in [1.54, 1.807) is 35.0 Å². The Morgan fingerprint density at radius 2 is 2.11 bits per heavy atom. The maximum Gasteiger partial charge on any atom is 0.356 e. The summed E-state index contributed by atoms with van der Waals surface area (Å²) in [5, 5.41) is 9.23. The zero-order valence-corrected chi connectivity index (χ0v) is 11.2. The highest BCUT2D eigenvalue weighted by Gasteiger charge is 2.18. The topological polar surface area (TPSA) is 67.5 Å². The number of nitrogens with zero attached hydrogens (tertiary/aromatic N) is 3. The number of carboxylic acid groups (broad SMARTS) is 1. The van der Waals surface area contributed by atoms with Crippen LogP contribution in [0.25, 0.3) is 16.9 Å². The average molecular weight is 318 g/mol. The number of carboxylic acids is 1. The Kier molecular flexibility index (Phi) is 2.79. The van der Waals surface area contributed by atoms with Crippen LogP contribution < -0.4 is 0 Å². The number of hydrogen-bond donors (Lipinski definition) is 1. The van der Waals surface area contributed by atoms with Gasteiger partial charge in [0.05, 0.1) is 10.1 Å². The minimum absolute atomic E-state index is 0.0279. The van der Waals surface area contributed by atoms with Crippen LogP contribution in [0.3, 0.4) is 0 Å². The largest absolute Gasteiger partial charge is 0.476 e. The number of imidazole rings is 1. The molecule has 0 aromatic carbocycles. The van der Waals surface area contributed by atoms with Gasteiger partial charge in [0, 0.05) is 18.0 Å². The zero-order valence-electron chi connectivity index (χ0n) is 9.62. The summed E-state index contributed by atoms with van der Waals surface area (Å²) in [5.74, 6) is -0.501. The van der Waals surface area contributed by atoms with Gasteiger partial charge in [0.1, 0.15) is 5.82 Å².